The maximum atomic E-state index is 14.1. The number of carbonyl (C=O) groups is 1. The van der Waals surface area contributed by atoms with Crippen LogP contribution in [0.2, 0.25) is 0 Å². The van der Waals surface area contributed by atoms with Gasteiger partial charge in [-0.05, 0) is 56.6 Å². The van der Waals surface area contributed by atoms with Crippen molar-refractivity contribution in [2.24, 2.45) is 0 Å². The number of amides is 1. The monoisotopic (exact) mass is 466 g/mol. The van der Waals surface area contributed by atoms with Gasteiger partial charge in [0.15, 0.2) is 11.5 Å². The Kier molecular flexibility index (Phi) is 9.47. The number of rotatable bonds is 8. The van der Waals surface area contributed by atoms with Gasteiger partial charge < -0.3 is 19.7 Å². The third-order valence-corrected chi connectivity index (χ3v) is 5.33. The number of hydrogen-bond donors (Lipinski definition) is 1. The highest BCUT2D eigenvalue weighted by molar-refractivity contribution is 5.95. The Labute approximate surface area is 193 Å². The van der Waals surface area contributed by atoms with Crippen molar-refractivity contribution >= 4 is 24.4 Å². The normalized spacial score (nSPS) is 15.8. The Bertz CT molecular complexity index is 962. The van der Waals surface area contributed by atoms with E-state index in [1.165, 1.54) is 19.2 Å². The highest BCUT2D eigenvalue weighted by Crippen LogP contribution is 2.28. The van der Waals surface area contributed by atoms with Crippen LogP contribution in [0.5, 0.6) is 11.5 Å². The van der Waals surface area contributed by atoms with Crippen molar-refractivity contribution < 1.29 is 23.0 Å². The average molecular weight is 467 g/mol. The molecule has 0 spiro atoms. The molecule has 1 saturated heterocycles. The van der Waals surface area contributed by atoms with Gasteiger partial charge in [-0.15, -0.1) is 12.4 Å². The molecule has 0 aromatic heterocycles. The highest BCUT2D eigenvalue weighted by Gasteiger charge is 2.23. The van der Waals surface area contributed by atoms with Crippen LogP contribution < -0.4 is 14.8 Å². The highest BCUT2D eigenvalue weighted by atomic mass is 35.5. The smallest absolute Gasteiger partial charge is 0.254 e. The third-order valence-electron chi connectivity index (χ3n) is 5.33. The lowest BCUT2D eigenvalue weighted by molar-refractivity contribution is 0.0757. The quantitative estimate of drug-likeness (QED) is 0.612. The van der Waals surface area contributed by atoms with E-state index in [-0.39, 0.29) is 29.9 Å². The molecule has 174 valence electrons. The van der Waals surface area contributed by atoms with Crippen molar-refractivity contribution in [3.63, 3.8) is 0 Å². The lowest BCUT2D eigenvalue weighted by Gasteiger charge is -2.27. The fourth-order valence-electron chi connectivity index (χ4n) is 3.78. The first kappa shape index (κ1) is 25.6. The number of benzene rings is 2. The second kappa shape index (κ2) is 11.8. The summed E-state index contributed by atoms with van der Waals surface area (Å²) < 4.78 is 37.8. The Balaban J connectivity index is 0.00000363. The molecule has 1 N–H and O–H groups in total. The molecule has 1 heterocycles. The minimum absolute atomic E-state index is 0. The van der Waals surface area contributed by atoms with Crippen LogP contribution in [0, 0.1) is 11.6 Å². The molecule has 8 heteroatoms. The summed E-state index contributed by atoms with van der Waals surface area (Å²) in [5.74, 6) is -0.375. The third kappa shape index (κ3) is 6.43. The molecule has 3 rings (SSSR count). The summed E-state index contributed by atoms with van der Waals surface area (Å²) in [6.45, 7) is 3.62. The molecule has 0 aliphatic carbocycles. The van der Waals surface area contributed by atoms with Crippen LogP contribution in [0.25, 0.3) is 6.08 Å². The SMILES string of the molecule is COc1ccc(C(=O)N(C/C(C)=C/c2ccc(F)cc2F)CC2CCCN2)cc1OC.Cl. The molecule has 5 nitrogen and oxygen atoms in total. The average Bonchev–Trinajstić information content (AvgIpc) is 3.27. The fourth-order valence-corrected chi connectivity index (χ4v) is 3.78. The van der Waals surface area contributed by atoms with Crippen LogP contribution in [-0.2, 0) is 0 Å². The number of ether oxygens (including phenoxy) is 2. The van der Waals surface area contributed by atoms with Crippen LogP contribution in [0.4, 0.5) is 8.78 Å². The first-order valence-electron chi connectivity index (χ1n) is 10.3. The molecule has 2 aromatic rings. The van der Waals surface area contributed by atoms with Gasteiger partial charge in [-0.1, -0.05) is 11.6 Å². The van der Waals surface area contributed by atoms with E-state index in [1.807, 2.05) is 6.92 Å². The summed E-state index contributed by atoms with van der Waals surface area (Å²) in [6, 6.07) is 8.75. The summed E-state index contributed by atoms with van der Waals surface area (Å²) in [7, 11) is 3.07. The zero-order valence-corrected chi connectivity index (χ0v) is 19.3. The van der Waals surface area contributed by atoms with Gasteiger partial charge in [0.25, 0.3) is 5.91 Å². The van der Waals surface area contributed by atoms with Gasteiger partial charge in [-0.25, -0.2) is 8.78 Å². The fraction of sp³-hybridized carbons (Fsp3) is 0.375. The Morgan fingerprint density at radius 1 is 1.16 bits per heavy atom. The first-order valence-corrected chi connectivity index (χ1v) is 10.3. The van der Waals surface area contributed by atoms with E-state index < -0.39 is 11.6 Å². The molecule has 1 fully saturated rings. The zero-order chi connectivity index (χ0) is 22.4. The second-order valence-electron chi connectivity index (χ2n) is 7.71. The van der Waals surface area contributed by atoms with Gasteiger partial charge in [-0.3, -0.25) is 4.79 Å². The van der Waals surface area contributed by atoms with E-state index in [1.54, 1.807) is 36.3 Å². The van der Waals surface area contributed by atoms with Gasteiger partial charge in [0.2, 0.25) is 0 Å². The molecule has 1 aliphatic heterocycles. The van der Waals surface area contributed by atoms with Crippen molar-refractivity contribution in [3.8, 4) is 11.5 Å². The lowest BCUT2D eigenvalue weighted by atomic mass is 10.1. The summed E-state index contributed by atoms with van der Waals surface area (Å²) in [6.07, 6.45) is 3.70. The van der Waals surface area contributed by atoms with Gasteiger partial charge >= 0.3 is 0 Å². The number of carbonyl (C=O) groups excluding carboxylic acids is 1. The predicted octanol–water partition coefficient (Wildman–Crippen LogP) is 4.70. The minimum atomic E-state index is -0.630. The van der Waals surface area contributed by atoms with E-state index >= 15 is 0 Å². The Hall–Kier alpha value is -2.64. The summed E-state index contributed by atoms with van der Waals surface area (Å²) in [5.41, 5.74) is 1.56. The molecule has 1 amide bonds. The van der Waals surface area contributed by atoms with Gasteiger partial charge in [-0.2, -0.15) is 0 Å². The van der Waals surface area contributed by atoms with Gasteiger partial charge in [0, 0.05) is 36.3 Å². The second-order valence-corrected chi connectivity index (χ2v) is 7.71. The standard InChI is InChI=1S/C24H28F2N2O3.ClH/c1-16(11-17-6-8-19(25)13-21(17)26)14-28(15-20-5-4-10-27-20)24(29)18-7-9-22(30-2)23(12-18)31-3;/h6-9,11-13,20,27H,4-5,10,14-15H2,1-3H3;1H/b16-11+;. The predicted molar refractivity (Wildman–Crippen MR) is 124 cm³/mol. The van der Waals surface area contributed by atoms with Crippen LogP contribution in [0.15, 0.2) is 42.0 Å². The van der Waals surface area contributed by atoms with Gasteiger partial charge in [0.1, 0.15) is 11.6 Å². The van der Waals surface area contributed by atoms with Crippen molar-refractivity contribution in [1.82, 2.24) is 10.2 Å². The van der Waals surface area contributed by atoms with Crippen molar-refractivity contribution in [2.75, 3.05) is 33.9 Å². The van der Waals surface area contributed by atoms with E-state index in [2.05, 4.69) is 5.32 Å². The molecule has 0 radical (unpaired) electrons. The maximum Gasteiger partial charge on any atom is 0.254 e. The number of nitrogens with one attached hydrogen (secondary N) is 1. The van der Waals surface area contributed by atoms with Gasteiger partial charge in [0.05, 0.1) is 14.2 Å². The van der Waals surface area contributed by atoms with Crippen LogP contribution >= 0.6 is 12.4 Å². The summed E-state index contributed by atoms with van der Waals surface area (Å²) in [4.78, 5) is 15.1. The van der Waals surface area contributed by atoms with E-state index in [9.17, 15) is 13.6 Å². The van der Waals surface area contributed by atoms with E-state index in [0.717, 1.165) is 31.0 Å². The Morgan fingerprint density at radius 2 is 1.91 bits per heavy atom. The molecular formula is C24H29ClF2N2O3. The van der Waals surface area contributed by atoms with Crippen LogP contribution in [0.3, 0.4) is 0 Å². The van der Waals surface area contributed by atoms with Crippen LogP contribution in [-0.4, -0.2) is 50.7 Å². The molecule has 1 aliphatic rings. The van der Waals surface area contributed by atoms with Crippen molar-refractivity contribution in [2.45, 2.75) is 25.8 Å². The summed E-state index contributed by atoms with van der Waals surface area (Å²) >= 11 is 0. The topological polar surface area (TPSA) is 50.8 Å². The molecule has 32 heavy (non-hydrogen) atoms. The largest absolute Gasteiger partial charge is 0.493 e. The molecule has 0 saturated carbocycles. The number of halogens is 3. The molecule has 1 atom stereocenters. The minimum Gasteiger partial charge on any atom is -0.493 e. The molecular weight excluding hydrogens is 438 g/mol. The number of methoxy groups -OCH3 is 2. The first-order chi connectivity index (χ1) is 14.9. The number of nitrogens with zero attached hydrogens (tertiary/aromatic N) is 1. The van der Waals surface area contributed by atoms with E-state index in [0.29, 0.717) is 30.2 Å². The lowest BCUT2D eigenvalue weighted by Crippen LogP contribution is -2.42. The maximum absolute atomic E-state index is 14.1. The van der Waals surface area contributed by atoms with Crippen LogP contribution in [0.1, 0.15) is 35.7 Å². The molecule has 0 bridgehead atoms. The molecule has 1 unspecified atom stereocenters. The Morgan fingerprint density at radius 3 is 2.53 bits per heavy atom. The summed E-state index contributed by atoms with van der Waals surface area (Å²) in [5, 5.41) is 3.41. The van der Waals surface area contributed by atoms with Crippen molar-refractivity contribution in [3.05, 3.63) is 64.7 Å². The van der Waals surface area contributed by atoms with Crippen molar-refractivity contribution in [1.29, 1.82) is 0 Å². The van der Waals surface area contributed by atoms with E-state index in [4.69, 9.17) is 9.47 Å². The number of hydrogen-bond acceptors (Lipinski definition) is 4. The molecule has 2 aromatic carbocycles. The zero-order valence-electron chi connectivity index (χ0n) is 18.5.